The highest BCUT2D eigenvalue weighted by molar-refractivity contribution is 5.94. The van der Waals surface area contributed by atoms with E-state index in [4.69, 9.17) is 5.73 Å². The number of carboxylic acid groups (broad SMARTS) is 1. The van der Waals surface area contributed by atoms with Crippen LogP contribution in [-0.4, -0.2) is 64.2 Å². The molecule has 10 heteroatoms. The molecule has 0 fully saturated rings. The fourth-order valence-corrected chi connectivity index (χ4v) is 2.69. The highest BCUT2D eigenvalue weighted by Gasteiger charge is 2.34. The third-order valence-corrected chi connectivity index (χ3v) is 4.65. The largest absolute Gasteiger partial charge is 0.480 e. The van der Waals surface area contributed by atoms with Crippen LogP contribution in [0.2, 0.25) is 0 Å². The highest BCUT2D eigenvalue weighted by Crippen LogP contribution is 2.08. The van der Waals surface area contributed by atoms with Crippen LogP contribution in [0.25, 0.3) is 0 Å². The van der Waals surface area contributed by atoms with Gasteiger partial charge in [-0.3, -0.25) is 14.4 Å². The summed E-state index contributed by atoms with van der Waals surface area (Å²) in [4.78, 5) is 49.0. The fourth-order valence-electron chi connectivity index (χ4n) is 2.69. The van der Waals surface area contributed by atoms with Gasteiger partial charge in [0.2, 0.25) is 17.7 Å². The van der Waals surface area contributed by atoms with Crippen LogP contribution in [0, 0.1) is 17.8 Å². The Morgan fingerprint density at radius 1 is 0.767 bits per heavy atom. The zero-order valence-corrected chi connectivity index (χ0v) is 18.9. The zero-order chi connectivity index (χ0) is 23.8. The summed E-state index contributed by atoms with van der Waals surface area (Å²) in [5, 5.41) is 26.7. The fraction of sp³-hybridized carbons (Fsp3) is 0.800. The molecule has 0 radical (unpaired) electrons. The summed E-state index contributed by atoms with van der Waals surface area (Å²) >= 11 is 0. The van der Waals surface area contributed by atoms with Gasteiger partial charge in [-0.15, -0.1) is 0 Å². The van der Waals surface area contributed by atoms with Crippen molar-refractivity contribution in [1.82, 2.24) is 16.0 Å². The Balaban J connectivity index is 5.37. The second-order valence-electron chi connectivity index (χ2n) is 8.76. The van der Waals surface area contributed by atoms with Crippen molar-refractivity contribution in [2.45, 2.75) is 85.2 Å². The molecular weight excluding hydrogens is 392 g/mol. The first-order valence-electron chi connectivity index (χ1n) is 10.3. The van der Waals surface area contributed by atoms with Crippen molar-refractivity contribution < 1.29 is 29.4 Å². The molecule has 10 nitrogen and oxygen atoms in total. The van der Waals surface area contributed by atoms with Gasteiger partial charge in [-0.1, -0.05) is 41.5 Å². The topological polar surface area (TPSA) is 171 Å². The van der Waals surface area contributed by atoms with Gasteiger partial charge >= 0.3 is 5.97 Å². The van der Waals surface area contributed by atoms with Crippen molar-refractivity contribution in [3.8, 4) is 0 Å². The van der Waals surface area contributed by atoms with E-state index < -0.39 is 54.0 Å². The van der Waals surface area contributed by atoms with E-state index >= 15 is 0 Å². The van der Waals surface area contributed by atoms with Crippen molar-refractivity contribution in [1.29, 1.82) is 0 Å². The Kier molecular flexibility index (Phi) is 11.6. The number of rotatable bonds is 12. The molecule has 0 aromatic rings. The number of carboxylic acids is 1. The lowest BCUT2D eigenvalue weighted by Crippen LogP contribution is -2.61. The number of nitrogens with one attached hydrogen (secondary N) is 3. The minimum atomic E-state index is -1.39. The Morgan fingerprint density at radius 2 is 1.23 bits per heavy atom. The molecule has 174 valence electrons. The number of aliphatic carboxylic acids is 1. The van der Waals surface area contributed by atoms with Crippen molar-refractivity contribution in [2.75, 3.05) is 0 Å². The molecule has 7 N–H and O–H groups in total. The van der Waals surface area contributed by atoms with E-state index in [1.54, 1.807) is 27.7 Å². The first-order chi connectivity index (χ1) is 13.7. The monoisotopic (exact) mass is 430 g/mol. The highest BCUT2D eigenvalue weighted by atomic mass is 16.4. The summed E-state index contributed by atoms with van der Waals surface area (Å²) in [6.07, 6.45) is -1.09. The summed E-state index contributed by atoms with van der Waals surface area (Å²) in [5.74, 6) is -3.64. The van der Waals surface area contributed by atoms with Crippen LogP contribution in [0.4, 0.5) is 0 Å². The summed E-state index contributed by atoms with van der Waals surface area (Å²) in [6.45, 7) is 11.9. The van der Waals surface area contributed by atoms with Gasteiger partial charge in [-0.05, 0) is 31.1 Å². The molecule has 0 aliphatic carbocycles. The van der Waals surface area contributed by atoms with Gasteiger partial charge in [0.1, 0.15) is 18.1 Å². The number of hydrogen-bond acceptors (Lipinski definition) is 6. The van der Waals surface area contributed by atoms with E-state index in [-0.39, 0.29) is 24.2 Å². The summed E-state index contributed by atoms with van der Waals surface area (Å²) in [5.41, 5.74) is 5.83. The van der Waals surface area contributed by atoms with Gasteiger partial charge < -0.3 is 31.9 Å². The average molecular weight is 431 g/mol. The van der Waals surface area contributed by atoms with Crippen LogP contribution < -0.4 is 21.7 Å². The normalized spacial score (nSPS) is 16.5. The molecule has 5 unspecified atom stereocenters. The number of amides is 3. The Morgan fingerprint density at radius 3 is 1.60 bits per heavy atom. The standard InChI is InChI=1S/C20H38N4O6/c1-9(2)8-13(20(29)30)22-19(28)16(12(7)25)24-18(27)15(11(5)6)23-17(26)14(21)10(3)4/h9-16,25H,8,21H2,1-7H3,(H,22,28)(H,23,26)(H,24,27)(H,29,30). The SMILES string of the molecule is CC(C)CC(NC(=O)C(NC(=O)C(NC(=O)C(N)C(C)C)C(C)C)C(C)O)C(=O)O. The second kappa shape index (κ2) is 12.5. The number of carbonyl (C=O) groups is 4. The first kappa shape index (κ1) is 27.8. The van der Waals surface area contributed by atoms with E-state index in [2.05, 4.69) is 16.0 Å². The number of carbonyl (C=O) groups excluding carboxylic acids is 3. The third-order valence-electron chi connectivity index (χ3n) is 4.65. The van der Waals surface area contributed by atoms with Crippen molar-refractivity contribution in [3.05, 3.63) is 0 Å². The maximum atomic E-state index is 12.8. The quantitative estimate of drug-likeness (QED) is 0.244. The van der Waals surface area contributed by atoms with Gasteiger partial charge in [0.05, 0.1) is 12.1 Å². The van der Waals surface area contributed by atoms with Gasteiger partial charge in [-0.25, -0.2) is 4.79 Å². The van der Waals surface area contributed by atoms with Gasteiger partial charge in [-0.2, -0.15) is 0 Å². The van der Waals surface area contributed by atoms with E-state index in [9.17, 15) is 29.4 Å². The predicted molar refractivity (Wildman–Crippen MR) is 112 cm³/mol. The first-order valence-corrected chi connectivity index (χ1v) is 10.3. The number of aliphatic hydroxyl groups is 1. The Hall–Kier alpha value is -2.20. The number of nitrogens with two attached hydrogens (primary N) is 1. The molecule has 0 aromatic carbocycles. The molecule has 0 aromatic heterocycles. The van der Waals surface area contributed by atoms with Crippen LogP contribution in [0.3, 0.4) is 0 Å². The van der Waals surface area contributed by atoms with E-state index in [0.717, 1.165) is 0 Å². The Labute approximate surface area is 178 Å². The van der Waals surface area contributed by atoms with Gasteiger partial charge in [0, 0.05) is 0 Å². The van der Waals surface area contributed by atoms with Crippen LogP contribution in [0.5, 0.6) is 0 Å². The molecule has 3 amide bonds. The lowest BCUT2D eigenvalue weighted by Gasteiger charge is -2.28. The van der Waals surface area contributed by atoms with Crippen molar-refractivity contribution in [2.24, 2.45) is 23.5 Å². The van der Waals surface area contributed by atoms with Crippen molar-refractivity contribution >= 4 is 23.7 Å². The summed E-state index contributed by atoms with van der Waals surface area (Å²) in [7, 11) is 0. The molecule has 0 aliphatic rings. The van der Waals surface area contributed by atoms with E-state index in [0.29, 0.717) is 0 Å². The molecule has 0 saturated heterocycles. The molecule has 0 spiro atoms. The Bertz CT molecular complexity index is 606. The predicted octanol–water partition coefficient (Wildman–Crippen LogP) is -0.408. The molecule has 0 rings (SSSR count). The zero-order valence-electron chi connectivity index (χ0n) is 18.9. The van der Waals surface area contributed by atoms with E-state index in [1.165, 1.54) is 6.92 Å². The minimum Gasteiger partial charge on any atom is -0.480 e. The van der Waals surface area contributed by atoms with Gasteiger partial charge in [0.15, 0.2) is 0 Å². The van der Waals surface area contributed by atoms with E-state index in [1.807, 2.05) is 13.8 Å². The molecule has 0 saturated carbocycles. The van der Waals surface area contributed by atoms with Gasteiger partial charge in [0.25, 0.3) is 0 Å². The van der Waals surface area contributed by atoms with Crippen LogP contribution in [-0.2, 0) is 19.2 Å². The second-order valence-corrected chi connectivity index (χ2v) is 8.76. The minimum absolute atomic E-state index is 0.0108. The summed E-state index contributed by atoms with van der Waals surface area (Å²) < 4.78 is 0. The lowest BCUT2D eigenvalue weighted by atomic mass is 9.99. The number of hydrogen-bond donors (Lipinski definition) is 6. The molecule has 0 bridgehead atoms. The molecule has 0 heterocycles. The molecule has 5 atom stereocenters. The van der Waals surface area contributed by atoms with Crippen LogP contribution >= 0.6 is 0 Å². The third kappa shape index (κ3) is 9.08. The van der Waals surface area contributed by atoms with Crippen LogP contribution in [0.1, 0.15) is 54.9 Å². The number of aliphatic hydroxyl groups excluding tert-OH is 1. The van der Waals surface area contributed by atoms with Crippen LogP contribution in [0.15, 0.2) is 0 Å². The molecule has 30 heavy (non-hydrogen) atoms. The summed E-state index contributed by atoms with van der Waals surface area (Å²) in [6, 6.07) is -4.33. The average Bonchev–Trinajstić information content (AvgIpc) is 2.60. The lowest BCUT2D eigenvalue weighted by molar-refractivity contribution is -0.143. The van der Waals surface area contributed by atoms with Crippen molar-refractivity contribution in [3.63, 3.8) is 0 Å². The maximum Gasteiger partial charge on any atom is 0.326 e. The maximum absolute atomic E-state index is 12.8. The molecular formula is C20H38N4O6. The smallest absolute Gasteiger partial charge is 0.326 e. The molecule has 0 aliphatic heterocycles.